The SMILES string of the molecule is CCCCCCC(C)c1ccccc1C(=O)O. The van der Waals surface area contributed by atoms with Crippen LogP contribution in [0.1, 0.15) is 67.8 Å². The third-order valence-electron chi connectivity index (χ3n) is 3.21. The van der Waals surface area contributed by atoms with E-state index >= 15 is 0 Å². The molecule has 1 atom stereocenters. The zero-order chi connectivity index (χ0) is 12.7. The van der Waals surface area contributed by atoms with Crippen molar-refractivity contribution in [3.05, 3.63) is 35.4 Å². The lowest BCUT2D eigenvalue weighted by atomic mass is 9.91. The van der Waals surface area contributed by atoms with Crippen molar-refractivity contribution in [1.82, 2.24) is 0 Å². The first kappa shape index (κ1) is 13.8. The first-order valence-electron chi connectivity index (χ1n) is 6.49. The fraction of sp³-hybridized carbons (Fsp3) is 0.533. The van der Waals surface area contributed by atoms with E-state index in [0.717, 1.165) is 12.0 Å². The lowest BCUT2D eigenvalue weighted by molar-refractivity contribution is 0.0695. The van der Waals surface area contributed by atoms with Crippen LogP contribution in [0.5, 0.6) is 0 Å². The number of benzene rings is 1. The van der Waals surface area contributed by atoms with E-state index in [1.54, 1.807) is 12.1 Å². The van der Waals surface area contributed by atoms with E-state index in [2.05, 4.69) is 13.8 Å². The molecule has 1 aromatic rings. The number of rotatable bonds is 7. The minimum atomic E-state index is -0.819. The van der Waals surface area contributed by atoms with Crippen LogP contribution in [0.25, 0.3) is 0 Å². The molecule has 1 aromatic carbocycles. The second kappa shape index (κ2) is 7.10. The summed E-state index contributed by atoms with van der Waals surface area (Å²) in [6, 6.07) is 7.34. The van der Waals surface area contributed by atoms with Gasteiger partial charge in [0.05, 0.1) is 5.56 Å². The van der Waals surface area contributed by atoms with Gasteiger partial charge in [-0.2, -0.15) is 0 Å². The topological polar surface area (TPSA) is 37.3 Å². The van der Waals surface area contributed by atoms with E-state index in [4.69, 9.17) is 5.11 Å². The van der Waals surface area contributed by atoms with Gasteiger partial charge in [0.2, 0.25) is 0 Å². The summed E-state index contributed by atoms with van der Waals surface area (Å²) in [5, 5.41) is 9.12. The Kier molecular flexibility index (Phi) is 5.75. The van der Waals surface area contributed by atoms with Gasteiger partial charge in [0.15, 0.2) is 0 Å². The third kappa shape index (κ3) is 4.22. The van der Waals surface area contributed by atoms with Gasteiger partial charge in [-0.15, -0.1) is 0 Å². The molecule has 94 valence electrons. The summed E-state index contributed by atoms with van der Waals surface area (Å²) in [5.41, 5.74) is 1.42. The third-order valence-corrected chi connectivity index (χ3v) is 3.21. The standard InChI is InChI=1S/C15H22O2/c1-3-4-5-6-9-12(2)13-10-7-8-11-14(13)15(16)17/h7-8,10-12H,3-6,9H2,1-2H3,(H,16,17). The van der Waals surface area contributed by atoms with Crippen LogP contribution in [0.4, 0.5) is 0 Å². The lowest BCUT2D eigenvalue weighted by Gasteiger charge is -2.14. The van der Waals surface area contributed by atoms with Crippen LogP contribution in [0.2, 0.25) is 0 Å². The van der Waals surface area contributed by atoms with Gasteiger partial charge in [0.1, 0.15) is 0 Å². The summed E-state index contributed by atoms with van der Waals surface area (Å²) in [4.78, 5) is 11.1. The molecule has 0 bridgehead atoms. The Hall–Kier alpha value is -1.31. The monoisotopic (exact) mass is 234 g/mol. The highest BCUT2D eigenvalue weighted by Gasteiger charge is 2.14. The number of carboxylic acids is 1. The molecule has 0 amide bonds. The Balaban J connectivity index is 2.62. The number of carboxylic acid groups (broad SMARTS) is 1. The summed E-state index contributed by atoms with van der Waals surface area (Å²) in [6.45, 7) is 4.32. The molecule has 1 N–H and O–H groups in total. The molecule has 2 heteroatoms. The smallest absolute Gasteiger partial charge is 0.335 e. The van der Waals surface area contributed by atoms with Crippen LogP contribution in [-0.4, -0.2) is 11.1 Å². The van der Waals surface area contributed by atoms with Gasteiger partial charge in [-0.05, 0) is 24.0 Å². The molecule has 1 rings (SSSR count). The average Bonchev–Trinajstić information content (AvgIpc) is 2.34. The molecule has 0 radical (unpaired) electrons. The molecule has 1 unspecified atom stereocenters. The predicted octanol–water partition coefficient (Wildman–Crippen LogP) is 4.46. The van der Waals surface area contributed by atoms with Crippen LogP contribution < -0.4 is 0 Å². The Labute approximate surface area is 104 Å². The van der Waals surface area contributed by atoms with Gasteiger partial charge in [-0.1, -0.05) is 57.7 Å². The first-order chi connectivity index (χ1) is 8.16. The Morgan fingerprint density at radius 1 is 1.24 bits per heavy atom. The van der Waals surface area contributed by atoms with Crippen molar-refractivity contribution < 1.29 is 9.90 Å². The molecule has 0 fully saturated rings. The van der Waals surface area contributed by atoms with Gasteiger partial charge < -0.3 is 5.11 Å². The van der Waals surface area contributed by atoms with Crippen molar-refractivity contribution >= 4 is 5.97 Å². The molecule has 2 nitrogen and oxygen atoms in total. The molecule has 0 heterocycles. The molecule has 0 aliphatic rings. The summed E-state index contributed by atoms with van der Waals surface area (Å²) in [7, 11) is 0. The molecule has 0 aliphatic heterocycles. The van der Waals surface area contributed by atoms with Crippen molar-refractivity contribution in [1.29, 1.82) is 0 Å². The highest BCUT2D eigenvalue weighted by Crippen LogP contribution is 2.25. The molecule has 0 aromatic heterocycles. The Morgan fingerprint density at radius 2 is 1.94 bits per heavy atom. The fourth-order valence-electron chi connectivity index (χ4n) is 2.15. The van der Waals surface area contributed by atoms with E-state index in [1.165, 1.54) is 25.7 Å². The normalized spacial score (nSPS) is 12.4. The van der Waals surface area contributed by atoms with Crippen molar-refractivity contribution in [3.8, 4) is 0 Å². The minimum Gasteiger partial charge on any atom is -0.478 e. The molecule has 0 aliphatic carbocycles. The van der Waals surface area contributed by atoms with E-state index in [-0.39, 0.29) is 0 Å². The van der Waals surface area contributed by atoms with Crippen LogP contribution >= 0.6 is 0 Å². The fourth-order valence-corrected chi connectivity index (χ4v) is 2.15. The second-order valence-electron chi connectivity index (χ2n) is 4.64. The molecular weight excluding hydrogens is 212 g/mol. The van der Waals surface area contributed by atoms with E-state index < -0.39 is 5.97 Å². The van der Waals surface area contributed by atoms with Crippen molar-refractivity contribution in [2.45, 2.75) is 51.9 Å². The highest BCUT2D eigenvalue weighted by molar-refractivity contribution is 5.89. The maximum absolute atomic E-state index is 11.1. The van der Waals surface area contributed by atoms with E-state index in [0.29, 0.717) is 11.5 Å². The molecule has 0 saturated carbocycles. The molecule has 0 spiro atoms. The van der Waals surface area contributed by atoms with Crippen molar-refractivity contribution in [2.24, 2.45) is 0 Å². The first-order valence-corrected chi connectivity index (χ1v) is 6.49. The molecular formula is C15H22O2. The quantitative estimate of drug-likeness (QED) is 0.707. The number of carbonyl (C=O) groups is 1. The number of aromatic carboxylic acids is 1. The zero-order valence-corrected chi connectivity index (χ0v) is 10.8. The van der Waals surface area contributed by atoms with Gasteiger partial charge in [0, 0.05) is 0 Å². The zero-order valence-electron chi connectivity index (χ0n) is 10.8. The van der Waals surface area contributed by atoms with Gasteiger partial charge in [-0.3, -0.25) is 0 Å². The number of unbranched alkanes of at least 4 members (excludes halogenated alkanes) is 3. The van der Waals surface area contributed by atoms with Crippen LogP contribution in [0.3, 0.4) is 0 Å². The summed E-state index contributed by atoms with van der Waals surface area (Å²) >= 11 is 0. The van der Waals surface area contributed by atoms with E-state index in [9.17, 15) is 4.79 Å². The van der Waals surface area contributed by atoms with Gasteiger partial charge in [-0.25, -0.2) is 4.79 Å². The Morgan fingerprint density at radius 3 is 2.59 bits per heavy atom. The minimum absolute atomic E-state index is 0.333. The molecule has 17 heavy (non-hydrogen) atoms. The van der Waals surface area contributed by atoms with Crippen LogP contribution in [0.15, 0.2) is 24.3 Å². The van der Waals surface area contributed by atoms with Gasteiger partial charge in [0.25, 0.3) is 0 Å². The maximum Gasteiger partial charge on any atom is 0.335 e. The van der Waals surface area contributed by atoms with Crippen molar-refractivity contribution in [2.75, 3.05) is 0 Å². The van der Waals surface area contributed by atoms with Gasteiger partial charge >= 0.3 is 5.97 Å². The van der Waals surface area contributed by atoms with E-state index in [1.807, 2.05) is 12.1 Å². The molecule has 0 saturated heterocycles. The Bertz CT molecular complexity index is 358. The number of hydrogen-bond donors (Lipinski definition) is 1. The lowest BCUT2D eigenvalue weighted by Crippen LogP contribution is -2.05. The van der Waals surface area contributed by atoms with Crippen molar-refractivity contribution in [3.63, 3.8) is 0 Å². The largest absolute Gasteiger partial charge is 0.478 e. The summed E-state index contributed by atoms with van der Waals surface area (Å²) in [5.74, 6) is -0.486. The second-order valence-corrected chi connectivity index (χ2v) is 4.64. The number of hydrogen-bond acceptors (Lipinski definition) is 1. The maximum atomic E-state index is 11.1. The van der Waals surface area contributed by atoms with Crippen LogP contribution in [0, 0.1) is 0 Å². The summed E-state index contributed by atoms with van der Waals surface area (Å²) in [6.07, 6.45) is 6.01. The highest BCUT2D eigenvalue weighted by atomic mass is 16.4. The summed E-state index contributed by atoms with van der Waals surface area (Å²) < 4.78 is 0. The van der Waals surface area contributed by atoms with Crippen LogP contribution in [-0.2, 0) is 0 Å². The average molecular weight is 234 g/mol. The predicted molar refractivity (Wildman–Crippen MR) is 70.6 cm³/mol.